The number of hydrogen-bond acceptors (Lipinski definition) is 5. The predicted molar refractivity (Wildman–Crippen MR) is 86.0 cm³/mol. The van der Waals surface area contributed by atoms with Crippen molar-refractivity contribution in [3.8, 4) is 5.75 Å². The van der Waals surface area contributed by atoms with Crippen LogP contribution in [0.1, 0.15) is 18.5 Å². The Morgan fingerprint density at radius 3 is 2.90 bits per heavy atom. The zero-order valence-corrected chi connectivity index (χ0v) is 13.2. The van der Waals surface area contributed by atoms with E-state index in [0.717, 1.165) is 18.3 Å². The van der Waals surface area contributed by atoms with Crippen LogP contribution >= 0.6 is 11.5 Å². The first-order valence-corrected chi connectivity index (χ1v) is 8.49. The largest absolute Gasteiger partial charge is 0.497 e. The van der Waals surface area contributed by atoms with Gasteiger partial charge in [-0.3, -0.25) is 4.90 Å². The molecule has 5 rings (SSSR count). The quantitative estimate of drug-likeness (QED) is 0.871. The van der Waals surface area contributed by atoms with Crippen molar-refractivity contribution in [1.29, 1.82) is 0 Å². The van der Waals surface area contributed by atoms with Gasteiger partial charge in [0, 0.05) is 31.1 Å². The lowest BCUT2D eigenvalue weighted by Crippen LogP contribution is -2.37. The Kier molecular flexibility index (Phi) is 3.57. The Labute approximate surface area is 129 Å². The van der Waals surface area contributed by atoms with E-state index in [9.17, 15) is 0 Å². The van der Waals surface area contributed by atoms with E-state index in [2.05, 4.69) is 21.9 Å². The van der Waals surface area contributed by atoms with E-state index in [1.54, 1.807) is 18.6 Å². The normalized spacial score (nSPS) is 26.1. The highest BCUT2D eigenvalue weighted by Crippen LogP contribution is 2.29. The van der Waals surface area contributed by atoms with Crippen LogP contribution in [0, 0.1) is 0 Å². The number of benzene rings is 1. The van der Waals surface area contributed by atoms with Crippen LogP contribution in [0.3, 0.4) is 0 Å². The van der Waals surface area contributed by atoms with Gasteiger partial charge < -0.3 is 9.64 Å². The summed E-state index contributed by atoms with van der Waals surface area (Å²) in [7, 11) is 1.71. The van der Waals surface area contributed by atoms with Gasteiger partial charge in [-0.05, 0) is 55.7 Å². The molecule has 0 radical (unpaired) electrons. The number of piperidine rings is 1. The van der Waals surface area contributed by atoms with Crippen molar-refractivity contribution in [2.45, 2.75) is 25.4 Å². The third kappa shape index (κ3) is 2.54. The van der Waals surface area contributed by atoms with E-state index in [0.29, 0.717) is 0 Å². The van der Waals surface area contributed by atoms with Crippen LogP contribution in [-0.4, -0.2) is 53.5 Å². The summed E-state index contributed by atoms with van der Waals surface area (Å²) in [5.74, 6) is 0.916. The van der Waals surface area contributed by atoms with E-state index < -0.39 is 0 Å². The number of hydrogen-bond donors (Lipinski definition) is 0. The van der Waals surface area contributed by atoms with Crippen LogP contribution in [0.2, 0.25) is 0 Å². The fourth-order valence-electron chi connectivity index (χ4n) is 3.57. The lowest BCUT2D eigenvalue weighted by atomic mass is 10.0. The van der Waals surface area contributed by atoms with Crippen molar-refractivity contribution >= 4 is 21.6 Å². The van der Waals surface area contributed by atoms with Crippen molar-refractivity contribution in [3.05, 3.63) is 23.9 Å². The van der Waals surface area contributed by atoms with Crippen LogP contribution in [0.4, 0.5) is 0 Å². The minimum Gasteiger partial charge on any atom is -0.497 e. The summed E-state index contributed by atoms with van der Waals surface area (Å²) < 4.78 is 11.2. The van der Waals surface area contributed by atoms with E-state index >= 15 is 0 Å². The van der Waals surface area contributed by atoms with Crippen LogP contribution in [0.5, 0.6) is 5.75 Å². The van der Waals surface area contributed by atoms with E-state index in [4.69, 9.17) is 9.11 Å². The highest BCUT2D eigenvalue weighted by molar-refractivity contribution is 7.13. The maximum absolute atomic E-state index is 5.30. The second-order valence-electron chi connectivity index (χ2n) is 6.03. The minimum atomic E-state index is 0.749. The zero-order valence-electron chi connectivity index (χ0n) is 12.4. The molecular formula is C16H21N3OS. The highest BCUT2D eigenvalue weighted by atomic mass is 32.1. The van der Waals surface area contributed by atoms with Crippen molar-refractivity contribution in [3.63, 3.8) is 0 Å². The van der Waals surface area contributed by atoms with Gasteiger partial charge in [0.2, 0.25) is 0 Å². The number of fused-ring (bicyclic) bond motifs is 5. The number of ether oxygens (including phenoxy) is 1. The van der Waals surface area contributed by atoms with Crippen LogP contribution in [0.25, 0.3) is 10.1 Å². The summed E-state index contributed by atoms with van der Waals surface area (Å²) in [5.41, 5.74) is 1.23. The molecule has 0 amide bonds. The molecule has 0 spiro atoms. The van der Waals surface area contributed by atoms with Gasteiger partial charge >= 0.3 is 0 Å². The molecule has 5 heteroatoms. The fraction of sp³-hybridized carbons (Fsp3) is 0.562. The molecule has 0 N–H and O–H groups in total. The summed E-state index contributed by atoms with van der Waals surface area (Å²) in [6.07, 6.45) is 2.63. The predicted octanol–water partition coefficient (Wildman–Crippen LogP) is 2.58. The Hall–Kier alpha value is -1.17. The Balaban J connectivity index is 1.59. The van der Waals surface area contributed by atoms with E-state index in [1.165, 1.54) is 54.8 Å². The molecule has 3 saturated heterocycles. The molecule has 0 atom stereocenters. The fourth-order valence-corrected chi connectivity index (χ4v) is 4.39. The highest BCUT2D eigenvalue weighted by Gasteiger charge is 2.29. The van der Waals surface area contributed by atoms with E-state index in [-0.39, 0.29) is 0 Å². The smallest absolute Gasteiger partial charge is 0.120 e. The first-order chi connectivity index (χ1) is 10.3. The summed E-state index contributed by atoms with van der Waals surface area (Å²) in [6.45, 7) is 5.93. The number of rotatable bonds is 3. The third-order valence-corrected chi connectivity index (χ3v) is 5.73. The molecule has 2 bridgehead atoms. The molecule has 21 heavy (non-hydrogen) atoms. The molecule has 0 aliphatic carbocycles. The Bertz CT molecular complexity index is 633. The summed E-state index contributed by atoms with van der Waals surface area (Å²) in [6, 6.07) is 7.04. The van der Waals surface area contributed by atoms with E-state index in [1.807, 2.05) is 6.07 Å². The molecule has 4 heterocycles. The molecule has 0 unspecified atom stereocenters. The molecule has 1 aromatic carbocycles. The zero-order chi connectivity index (χ0) is 14.2. The number of methoxy groups -OCH3 is 1. The molecule has 3 aliphatic rings. The Morgan fingerprint density at radius 1 is 1.24 bits per heavy atom. The molecule has 4 nitrogen and oxygen atoms in total. The van der Waals surface area contributed by atoms with Crippen LogP contribution in [0.15, 0.2) is 18.2 Å². The van der Waals surface area contributed by atoms with Crippen molar-refractivity contribution in [2.24, 2.45) is 0 Å². The lowest BCUT2D eigenvalue weighted by Gasteiger charge is -2.31. The van der Waals surface area contributed by atoms with Gasteiger partial charge in [-0.25, -0.2) is 0 Å². The van der Waals surface area contributed by atoms with Gasteiger partial charge in [-0.1, -0.05) is 0 Å². The number of nitrogens with zero attached hydrogens (tertiary/aromatic N) is 3. The average Bonchev–Trinajstić information content (AvgIpc) is 2.70. The standard InChI is InChI=1S/C16H21N3OS/c1-20-13-2-3-14-15(17-21-16(14)10-13)11-19-9-8-18-6-4-12(19)5-7-18/h2-3,10,12H,4-9,11H2,1H3. The van der Waals surface area contributed by atoms with Gasteiger partial charge in [-0.15, -0.1) is 0 Å². The molecule has 0 saturated carbocycles. The van der Waals surface area contributed by atoms with Crippen LogP contribution < -0.4 is 4.74 Å². The van der Waals surface area contributed by atoms with Gasteiger partial charge in [0.05, 0.1) is 17.5 Å². The molecule has 3 aliphatic heterocycles. The Morgan fingerprint density at radius 2 is 2.10 bits per heavy atom. The third-order valence-electron chi connectivity index (χ3n) is 4.88. The summed E-state index contributed by atoms with van der Waals surface area (Å²) >= 11 is 1.59. The SMILES string of the molecule is COc1ccc2c(CN3CCN4CCC3CC4)nsc2c1. The average molecular weight is 303 g/mol. The molecule has 2 aromatic rings. The second-order valence-corrected chi connectivity index (χ2v) is 6.84. The topological polar surface area (TPSA) is 28.6 Å². The second kappa shape index (κ2) is 5.55. The molecule has 1 aromatic heterocycles. The van der Waals surface area contributed by atoms with Gasteiger partial charge in [0.1, 0.15) is 5.75 Å². The van der Waals surface area contributed by atoms with Gasteiger partial charge in [0.25, 0.3) is 0 Å². The molecule has 3 fully saturated rings. The first-order valence-electron chi connectivity index (χ1n) is 7.72. The monoisotopic (exact) mass is 303 g/mol. The molecule has 112 valence electrons. The van der Waals surface area contributed by atoms with Crippen molar-refractivity contribution in [1.82, 2.24) is 14.2 Å². The number of aromatic nitrogens is 1. The van der Waals surface area contributed by atoms with Crippen LogP contribution in [-0.2, 0) is 6.54 Å². The maximum Gasteiger partial charge on any atom is 0.120 e. The van der Waals surface area contributed by atoms with Gasteiger partial charge in [-0.2, -0.15) is 4.37 Å². The van der Waals surface area contributed by atoms with Gasteiger partial charge in [0.15, 0.2) is 0 Å². The van der Waals surface area contributed by atoms with Crippen molar-refractivity contribution in [2.75, 3.05) is 33.3 Å². The minimum absolute atomic E-state index is 0.749. The summed E-state index contributed by atoms with van der Waals surface area (Å²) in [5, 5.41) is 1.29. The van der Waals surface area contributed by atoms with Crippen molar-refractivity contribution < 1.29 is 4.74 Å². The molecular weight excluding hydrogens is 282 g/mol. The summed E-state index contributed by atoms with van der Waals surface area (Å²) in [4.78, 5) is 5.24. The lowest BCUT2D eigenvalue weighted by molar-refractivity contribution is 0.176. The first kappa shape index (κ1) is 13.5. The maximum atomic E-state index is 5.30.